The van der Waals surface area contributed by atoms with E-state index in [2.05, 4.69) is 15.7 Å². The Morgan fingerprint density at radius 2 is 1.97 bits per heavy atom. The lowest BCUT2D eigenvalue weighted by atomic mass is 10.1. The van der Waals surface area contributed by atoms with E-state index in [4.69, 9.17) is 9.47 Å². The van der Waals surface area contributed by atoms with E-state index >= 15 is 0 Å². The summed E-state index contributed by atoms with van der Waals surface area (Å²) in [5.41, 5.74) is 1.23. The highest BCUT2D eigenvalue weighted by atomic mass is 16.6. The highest BCUT2D eigenvalue weighted by Gasteiger charge is 2.35. The van der Waals surface area contributed by atoms with Crippen molar-refractivity contribution >= 4 is 29.0 Å². The van der Waals surface area contributed by atoms with Gasteiger partial charge in [0.25, 0.3) is 11.6 Å². The molecular weight excluding hydrogens is 418 g/mol. The molecule has 32 heavy (non-hydrogen) atoms. The zero-order chi connectivity index (χ0) is 22.8. The average molecular weight is 437 g/mol. The van der Waals surface area contributed by atoms with Gasteiger partial charge in [0.2, 0.25) is 5.91 Å². The molecule has 11 heteroatoms. The van der Waals surface area contributed by atoms with Crippen molar-refractivity contribution < 1.29 is 24.0 Å². The maximum atomic E-state index is 12.6. The second kappa shape index (κ2) is 8.38. The predicted molar refractivity (Wildman–Crippen MR) is 115 cm³/mol. The molecule has 0 saturated heterocycles. The molecule has 1 unspecified atom stereocenters. The Hall–Kier alpha value is -4.41. The van der Waals surface area contributed by atoms with E-state index in [0.717, 1.165) is 5.56 Å². The van der Waals surface area contributed by atoms with Gasteiger partial charge in [-0.1, -0.05) is 18.2 Å². The molecule has 2 heterocycles. The Morgan fingerprint density at radius 1 is 1.22 bits per heavy atom. The van der Waals surface area contributed by atoms with Crippen LogP contribution in [-0.2, 0) is 9.59 Å². The van der Waals surface area contributed by atoms with Crippen molar-refractivity contribution in [2.24, 2.45) is 0 Å². The van der Waals surface area contributed by atoms with Crippen molar-refractivity contribution in [1.82, 2.24) is 9.78 Å². The fourth-order valence-electron chi connectivity index (χ4n) is 3.54. The van der Waals surface area contributed by atoms with Gasteiger partial charge in [-0.25, -0.2) is 4.68 Å². The molecule has 0 spiro atoms. The number of amides is 2. The minimum absolute atomic E-state index is 0.0626. The normalized spacial score (nSPS) is 14.4. The van der Waals surface area contributed by atoms with E-state index in [9.17, 15) is 19.7 Å². The molecule has 0 aliphatic carbocycles. The molecule has 0 radical (unpaired) electrons. The topological polar surface area (TPSA) is 138 Å². The van der Waals surface area contributed by atoms with Gasteiger partial charge in [-0.05, 0) is 23.8 Å². The summed E-state index contributed by atoms with van der Waals surface area (Å²) >= 11 is 0. The van der Waals surface area contributed by atoms with Gasteiger partial charge in [-0.3, -0.25) is 19.7 Å². The van der Waals surface area contributed by atoms with Gasteiger partial charge in [0.15, 0.2) is 11.5 Å². The highest BCUT2D eigenvalue weighted by Crippen LogP contribution is 2.39. The van der Waals surface area contributed by atoms with Crippen molar-refractivity contribution in [3.63, 3.8) is 0 Å². The van der Waals surface area contributed by atoms with E-state index < -0.39 is 22.8 Å². The summed E-state index contributed by atoms with van der Waals surface area (Å²) in [7, 11) is 3.06. The number of fused-ring (bicyclic) bond motifs is 1. The number of carbonyl (C=O) groups excluding carboxylic acids is 2. The number of nitrogens with one attached hydrogen (secondary N) is 2. The number of nitro benzene ring substituents is 1. The lowest BCUT2D eigenvalue weighted by Crippen LogP contribution is -2.23. The van der Waals surface area contributed by atoms with Gasteiger partial charge in [-0.2, -0.15) is 5.10 Å². The standard InChI is InChI=1S/C21H19N5O6/c1-31-17-8-7-12(9-18(17)32-2)13-11-22-25-16(21(28)24-20(13)25)10-19(27)23-14-5-3-4-6-15(14)26(29)30/h3-9,11,16H,10H2,1-2H3,(H,23,27)(H,24,28). The van der Waals surface area contributed by atoms with Crippen LogP contribution in [0, 0.1) is 10.1 Å². The first-order chi connectivity index (χ1) is 15.4. The van der Waals surface area contributed by atoms with E-state index in [1.54, 1.807) is 30.5 Å². The quantitative estimate of drug-likeness (QED) is 0.428. The highest BCUT2D eigenvalue weighted by molar-refractivity contribution is 6.04. The van der Waals surface area contributed by atoms with E-state index in [-0.39, 0.29) is 17.8 Å². The van der Waals surface area contributed by atoms with Crippen LogP contribution in [0.25, 0.3) is 11.1 Å². The number of hydrogen-bond donors (Lipinski definition) is 2. The van der Waals surface area contributed by atoms with E-state index in [1.165, 1.54) is 37.1 Å². The molecule has 0 saturated carbocycles. The summed E-state index contributed by atoms with van der Waals surface area (Å²) in [6, 6.07) is 10.2. The molecule has 1 aromatic heterocycles. The number of nitro groups is 1. The minimum atomic E-state index is -0.887. The number of para-hydroxylation sites is 2. The van der Waals surface area contributed by atoms with Crippen molar-refractivity contribution in [3.05, 3.63) is 58.8 Å². The fourth-order valence-corrected chi connectivity index (χ4v) is 3.54. The number of hydrogen-bond acceptors (Lipinski definition) is 7. The zero-order valence-corrected chi connectivity index (χ0v) is 17.2. The molecule has 164 valence electrons. The largest absolute Gasteiger partial charge is 0.493 e. The van der Waals surface area contributed by atoms with Crippen LogP contribution in [0.3, 0.4) is 0 Å². The van der Waals surface area contributed by atoms with Gasteiger partial charge in [0.05, 0.1) is 31.8 Å². The van der Waals surface area contributed by atoms with Crippen molar-refractivity contribution in [1.29, 1.82) is 0 Å². The van der Waals surface area contributed by atoms with Crippen LogP contribution in [0.15, 0.2) is 48.7 Å². The van der Waals surface area contributed by atoms with Crippen LogP contribution in [-0.4, -0.2) is 40.7 Å². The van der Waals surface area contributed by atoms with Crippen LogP contribution in [0.4, 0.5) is 17.2 Å². The van der Waals surface area contributed by atoms with Crippen molar-refractivity contribution in [3.8, 4) is 22.6 Å². The number of ether oxygens (including phenoxy) is 2. The molecule has 2 amide bonds. The number of rotatable bonds is 7. The Morgan fingerprint density at radius 3 is 2.69 bits per heavy atom. The molecule has 0 fully saturated rings. The van der Waals surface area contributed by atoms with Crippen LogP contribution < -0.4 is 20.1 Å². The molecule has 0 bridgehead atoms. The van der Waals surface area contributed by atoms with Crippen molar-refractivity contribution in [2.45, 2.75) is 12.5 Å². The predicted octanol–water partition coefficient (Wildman–Crippen LogP) is 3.00. The fraction of sp³-hybridized carbons (Fsp3) is 0.190. The number of carbonyl (C=O) groups is 2. The summed E-state index contributed by atoms with van der Waals surface area (Å²) in [6.07, 6.45) is 1.35. The number of nitrogens with zero attached hydrogens (tertiary/aromatic N) is 3. The molecule has 3 aromatic rings. The average Bonchev–Trinajstić information content (AvgIpc) is 3.32. The maximum Gasteiger partial charge on any atom is 0.292 e. The third-order valence-electron chi connectivity index (χ3n) is 5.08. The smallest absolute Gasteiger partial charge is 0.292 e. The third kappa shape index (κ3) is 3.71. The molecule has 1 aliphatic rings. The van der Waals surface area contributed by atoms with Gasteiger partial charge in [-0.15, -0.1) is 0 Å². The molecule has 4 rings (SSSR count). The van der Waals surface area contributed by atoms with Gasteiger partial charge < -0.3 is 20.1 Å². The number of benzene rings is 2. The Kier molecular flexibility index (Phi) is 5.46. The molecule has 1 aliphatic heterocycles. The first kappa shape index (κ1) is 20.8. The Labute approximate surface area is 182 Å². The van der Waals surface area contributed by atoms with Gasteiger partial charge >= 0.3 is 0 Å². The lowest BCUT2D eigenvalue weighted by Gasteiger charge is -2.10. The molecule has 11 nitrogen and oxygen atoms in total. The summed E-state index contributed by atoms with van der Waals surface area (Å²) < 4.78 is 12.0. The van der Waals surface area contributed by atoms with Crippen molar-refractivity contribution in [2.75, 3.05) is 24.9 Å². The minimum Gasteiger partial charge on any atom is -0.493 e. The summed E-state index contributed by atoms with van der Waals surface area (Å²) in [6.45, 7) is 0. The molecule has 2 N–H and O–H groups in total. The first-order valence-corrected chi connectivity index (χ1v) is 9.57. The van der Waals surface area contributed by atoms with Gasteiger partial charge in [0.1, 0.15) is 17.5 Å². The third-order valence-corrected chi connectivity index (χ3v) is 5.08. The number of aromatic nitrogens is 2. The van der Waals surface area contributed by atoms with Crippen LogP contribution in [0.2, 0.25) is 0 Å². The molecule has 1 atom stereocenters. The Balaban J connectivity index is 1.56. The maximum absolute atomic E-state index is 12.6. The van der Waals surface area contributed by atoms with Gasteiger partial charge in [0, 0.05) is 11.6 Å². The summed E-state index contributed by atoms with van der Waals surface area (Å²) in [5, 5.41) is 20.7. The monoisotopic (exact) mass is 437 g/mol. The molecule has 2 aromatic carbocycles. The Bertz CT molecular complexity index is 1220. The summed E-state index contributed by atoms with van der Waals surface area (Å²) in [4.78, 5) is 35.7. The number of methoxy groups -OCH3 is 2. The van der Waals surface area contributed by atoms with E-state index in [0.29, 0.717) is 22.9 Å². The zero-order valence-electron chi connectivity index (χ0n) is 17.2. The van der Waals surface area contributed by atoms with Crippen LogP contribution >= 0.6 is 0 Å². The first-order valence-electron chi connectivity index (χ1n) is 9.57. The van der Waals surface area contributed by atoms with E-state index in [1.807, 2.05) is 0 Å². The second-order valence-electron chi connectivity index (χ2n) is 6.95. The molecular formula is C21H19N5O6. The van der Waals surface area contributed by atoms with Crippen LogP contribution in [0.5, 0.6) is 11.5 Å². The lowest BCUT2D eigenvalue weighted by molar-refractivity contribution is -0.383. The van der Waals surface area contributed by atoms with Crippen LogP contribution in [0.1, 0.15) is 12.5 Å². The number of anilines is 2. The summed E-state index contributed by atoms with van der Waals surface area (Å²) in [5.74, 6) is 0.594. The SMILES string of the molecule is COc1ccc(-c2cnn3c2NC(=O)C3CC(=O)Nc2ccccc2[N+](=O)[O-])cc1OC. The second-order valence-corrected chi connectivity index (χ2v) is 6.95.